The average Bonchev–Trinajstić information content (AvgIpc) is 3.16. The van der Waals surface area contributed by atoms with Crippen LogP contribution in [0.5, 0.6) is 0 Å². The van der Waals surface area contributed by atoms with Crippen molar-refractivity contribution in [1.29, 1.82) is 0 Å². The third-order valence-electron chi connectivity index (χ3n) is 3.42. The number of hydrogen-bond acceptors (Lipinski definition) is 4. The van der Waals surface area contributed by atoms with Crippen LogP contribution in [0, 0.1) is 0 Å². The summed E-state index contributed by atoms with van der Waals surface area (Å²) in [5, 5.41) is 20.4. The number of aryl methyl sites for hydroxylation is 1. The summed E-state index contributed by atoms with van der Waals surface area (Å²) in [7, 11) is 1.55. The first kappa shape index (κ1) is 16.7. The Bertz CT molecular complexity index is 930. The van der Waals surface area contributed by atoms with Crippen LogP contribution in [0.2, 0.25) is 5.02 Å². The van der Waals surface area contributed by atoms with E-state index >= 15 is 0 Å². The molecule has 2 heterocycles. The standard InChI is InChI=1S/C16H14ClN5O3/c1-21-9-13(16(24)25)14(20-21)15(23)19-12-6-18-22(8-12)7-10-2-4-11(17)5-3-10/h2-6,8-9H,7H2,1H3,(H,19,23)(H,24,25). The molecule has 0 aliphatic heterocycles. The van der Waals surface area contributed by atoms with Crippen molar-refractivity contribution in [3.63, 3.8) is 0 Å². The fourth-order valence-electron chi connectivity index (χ4n) is 2.29. The summed E-state index contributed by atoms with van der Waals surface area (Å²) in [6.07, 6.45) is 4.41. The van der Waals surface area contributed by atoms with Crippen molar-refractivity contribution >= 4 is 29.2 Å². The normalized spacial score (nSPS) is 10.6. The molecule has 128 valence electrons. The second-order valence-corrected chi connectivity index (χ2v) is 5.81. The molecule has 0 aliphatic rings. The molecule has 8 nitrogen and oxygen atoms in total. The molecule has 0 unspecified atom stereocenters. The zero-order chi connectivity index (χ0) is 18.0. The molecule has 0 aliphatic carbocycles. The minimum Gasteiger partial charge on any atom is -0.478 e. The van der Waals surface area contributed by atoms with Gasteiger partial charge in [-0.3, -0.25) is 14.2 Å². The van der Waals surface area contributed by atoms with Gasteiger partial charge >= 0.3 is 5.97 Å². The van der Waals surface area contributed by atoms with E-state index in [2.05, 4.69) is 15.5 Å². The van der Waals surface area contributed by atoms with Crippen molar-refractivity contribution in [2.45, 2.75) is 6.54 Å². The minimum atomic E-state index is -1.21. The van der Waals surface area contributed by atoms with Gasteiger partial charge in [0.2, 0.25) is 0 Å². The van der Waals surface area contributed by atoms with E-state index in [1.54, 1.807) is 30.1 Å². The summed E-state index contributed by atoms with van der Waals surface area (Å²) in [5.41, 5.74) is 1.14. The summed E-state index contributed by atoms with van der Waals surface area (Å²) in [5.74, 6) is -1.82. The molecule has 1 amide bonds. The monoisotopic (exact) mass is 359 g/mol. The average molecular weight is 360 g/mol. The van der Waals surface area contributed by atoms with E-state index < -0.39 is 11.9 Å². The van der Waals surface area contributed by atoms with Gasteiger partial charge in [-0.25, -0.2) is 4.79 Å². The number of anilines is 1. The van der Waals surface area contributed by atoms with E-state index in [4.69, 9.17) is 16.7 Å². The number of nitrogens with one attached hydrogen (secondary N) is 1. The highest BCUT2D eigenvalue weighted by molar-refractivity contribution is 6.30. The molecule has 0 bridgehead atoms. The number of benzene rings is 1. The molecule has 0 saturated heterocycles. The lowest BCUT2D eigenvalue weighted by molar-refractivity contribution is 0.0692. The third kappa shape index (κ3) is 3.86. The number of aromatic nitrogens is 4. The van der Waals surface area contributed by atoms with Crippen LogP contribution in [0.1, 0.15) is 26.4 Å². The fraction of sp³-hybridized carbons (Fsp3) is 0.125. The second kappa shape index (κ2) is 6.78. The third-order valence-corrected chi connectivity index (χ3v) is 3.68. The highest BCUT2D eigenvalue weighted by atomic mass is 35.5. The van der Waals surface area contributed by atoms with Gasteiger partial charge in [0.1, 0.15) is 5.56 Å². The molecule has 0 radical (unpaired) electrons. The van der Waals surface area contributed by atoms with Gasteiger partial charge in [0.05, 0.1) is 18.4 Å². The van der Waals surface area contributed by atoms with E-state index in [-0.39, 0.29) is 11.3 Å². The highest BCUT2D eigenvalue weighted by Crippen LogP contribution is 2.14. The van der Waals surface area contributed by atoms with Gasteiger partial charge < -0.3 is 10.4 Å². The fourth-order valence-corrected chi connectivity index (χ4v) is 2.42. The van der Waals surface area contributed by atoms with E-state index in [0.29, 0.717) is 17.3 Å². The molecule has 0 saturated carbocycles. The van der Waals surface area contributed by atoms with Crippen molar-refractivity contribution in [1.82, 2.24) is 19.6 Å². The van der Waals surface area contributed by atoms with Crippen LogP contribution < -0.4 is 5.32 Å². The van der Waals surface area contributed by atoms with Crippen LogP contribution >= 0.6 is 11.6 Å². The van der Waals surface area contributed by atoms with Crippen molar-refractivity contribution in [3.8, 4) is 0 Å². The quantitative estimate of drug-likeness (QED) is 0.727. The van der Waals surface area contributed by atoms with Crippen LogP contribution in [-0.2, 0) is 13.6 Å². The van der Waals surface area contributed by atoms with Crippen molar-refractivity contribution in [2.75, 3.05) is 5.32 Å². The molecule has 9 heteroatoms. The van der Waals surface area contributed by atoms with Gasteiger partial charge in [-0.2, -0.15) is 10.2 Å². The second-order valence-electron chi connectivity index (χ2n) is 5.38. The summed E-state index contributed by atoms with van der Waals surface area (Å²) in [6, 6.07) is 7.35. The maximum absolute atomic E-state index is 12.3. The number of rotatable bonds is 5. The predicted octanol–water partition coefficient (Wildman–Crippen LogP) is 2.27. The number of amides is 1. The first-order valence-electron chi connectivity index (χ1n) is 7.27. The maximum atomic E-state index is 12.3. The first-order chi connectivity index (χ1) is 11.9. The Morgan fingerprint density at radius 3 is 2.64 bits per heavy atom. The van der Waals surface area contributed by atoms with Gasteiger partial charge in [-0.05, 0) is 17.7 Å². The molecule has 0 atom stereocenters. The summed E-state index contributed by atoms with van der Waals surface area (Å²) in [4.78, 5) is 23.4. The Hall–Kier alpha value is -3.13. The smallest absolute Gasteiger partial charge is 0.339 e. The van der Waals surface area contributed by atoms with Crippen LogP contribution in [0.4, 0.5) is 5.69 Å². The van der Waals surface area contributed by atoms with Crippen LogP contribution in [0.25, 0.3) is 0 Å². The molecule has 0 spiro atoms. The number of halogens is 1. The van der Waals surface area contributed by atoms with Gasteiger partial charge in [-0.15, -0.1) is 0 Å². The van der Waals surface area contributed by atoms with Crippen LogP contribution in [0.3, 0.4) is 0 Å². The lowest BCUT2D eigenvalue weighted by atomic mass is 10.2. The Kier molecular flexibility index (Phi) is 4.53. The highest BCUT2D eigenvalue weighted by Gasteiger charge is 2.21. The summed E-state index contributed by atoms with van der Waals surface area (Å²) < 4.78 is 2.93. The van der Waals surface area contributed by atoms with E-state index in [1.165, 1.54) is 17.1 Å². The zero-order valence-electron chi connectivity index (χ0n) is 13.2. The molecular weight excluding hydrogens is 346 g/mol. The minimum absolute atomic E-state index is 0.152. The summed E-state index contributed by atoms with van der Waals surface area (Å²) >= 11 is 5.85. The van der Waals surface area contributed by atoms with Crippen molar-refractivity contribution in [3.05, 3.63) is 64.7 Å². The molecule has 3 aromatic rings. The number of carboxylic acid groups (broad SMARTS) is 1. The topological polar surface area (TPSA) is 102 Å². The van der Waals surface area contributed by atoms with Gasteiger partial charge in [-0.1, -0.05) is 23.7 Å². The Morgan fingerprint density at radius 1 is 1.24 bits per heavy atom. The SMILES string of the molecule is Cn1cc(C(=O)O)c(C(=O)Nc2cnn(Cc3ccc(Cl)cc3)c2)n1. The van der Waals surface area contributed by atoms with Crippen molar-refractivity contribution in [2.24, 2.45) is 7.05 Å². The Morgan fingerprint density at radius 2 is 1.96 bits per heavy atom. The largest absolute Gasteiger partial charge is 0.478 e. The van der Waals surface area contributed by atoms with Gasteiger partial charge in [0, 0.05) is 24.5 Å². The number of hydrogen-bond donors (Lipinski definition) is 2. The lowest BCUT2D eigenvalue weighted by Gasteiger charge is -2.02. The number of aromatic carboxylic acids is 1. The van der Waals surface area contributed by atoms with Gasteiger partial charge in [0.25, 0.3) is 5.91 Å². The van der Waals surface area contributed by atoms with Gasteiger partial charge in [0.15, 0.2) is 5.69 Å². The summed E-state index contributed by atoms with van der Waals surface area (Å²) in [6.45, 7) is 0.511. The number of nitrogens with zero attached hydrogens (tertiary/aromatic N) is 4. The predicted molar refractivity (Wildman–Crippen MR) is 90.9 cm³/mol. The molecule has 3 rings (SSSR count). The van der Waals surface area contributed by atoms with E-state index in [9.17, 15) is 9.59 Å². The number of carbonyl (C=O) groups excluding carboxylic acids is 1. The molecule has 0 fully saturated rings. The lowest BCUT2D eigenvalue weighted by Crippen LogP contribution is -2.16. The zero-order valence-corrected chi connectivity index (χ0v) is 13.9. The van der Waals surface area contributed by atoms with Crippen molar-refractivity contribution < 1.29 is 14.7 Å². The molecule has 1 aromatic carbocycles. The van der Waals surface area contributed by atoms with Crippen LogP contribution in [0.15, 0.2) is 42.9 Å². The van der Waals surface area contributed by atoms with E-state index in [0.717, 1.165) is 5.56 Å². The Balaban J connectivity index is 1.72. The van der Waals surface area contributed by atoms with E-state index in [1.807, 2.05) is 12.1 Å². The number of carboxylic acids is 1. The maximum Gasteiger partial charge on any atom is 0.339 e. The molecule has 2 N–H and O–H groups in total. The first-order valence-corrected chi connectivity index (χ1v) is 7.65. The molecule has 2 aromatic heterocycles. The Labute approximate surface area is 147 Å². The molecule has 25 heavy (non-hydrogen) atoms. The van der Waals surface area contributed by atoms with Crippen LogP contribution in [-0.4, -0.2) is 36.5 Å². The molecular formula is C16H14ClN5O3. The number of carbonyl (C=O) groups is 2.